The second-order valence-corrected chi connectivity index (χ2v) is 9.34. The molecule has 4 rings (SSSR count). The van der Waals surface area contributed by atoms with Gasteiger partial charge in [-0.2, -0.15) is 4.98 Å². The van der Waals surface area contributed by atoms with Crippen molar-refractivity contribution in [2.24, 2.45) is 7.05 Å². The average molecular weight is 525 g/mol. The summed E-state index contributed by atoms with van der Waals surface area (Å²) in [6.07, 6.45) is 0. The molecule has 2 aromatic heterocycles. The van der Waals surface area contributed by atoms with Crippen molar-refractivity contribution in [1.82, 2.24) is 14.3 Å². The molecule has 0 saturated heterocycles. The molecule has 0 aliphatic heterocycles. The van der Waals surface area contributed by atoms with Gasteiger partial charge in [-0.15, -0.1) is 0 Å². The molecule has 4 aromatic rings. The van der Waals surface area contributed by atoms with Gasteiger partial charge in [0.1, 0.15) is 17.3 Å². The van der Waals surface area contributed by atoms with Crippen LogP contribution >= 0.6 is 11.6 Å². The molecule has 9 nitrogen and oxygen atoms in total. The fourth-order valence-electron chi connectivity index (χ4n) is 3.47. The van der Waals surface area contributed by atoms with Gasteiger partial charge in [0, 0.05) is 24.2 Å². The molecule has 0 fully saturated rings. The molecule has 0 spiro atoms. The topological polar surface area (TPSA) is 112 Å². The van der Waals surface area contributed by atoms with Crippen LogP contribution < -0.4 is 49.1 Å². The molecule has 2 N–H and O–H groups in total. The van der Waals surface area contributed by atoms with Crippen molar-refractivity contribution in [2.75, 3.05) is 19.5 Å². The van der Waals surface area contributed by atoms with Gasteiger partial charge in [0.2, 0.25) is 5.88 Å². The van der Waals surface area contributed by atoms with E-state index in [4.69, 9.17) is 21.1 Å². The molecule has 1 amide bonds. The van der Waals surface area contributed by atoms with Crippen LogP contribution in [0.15, 0.2) is 65.6 Å². The number of hydrogen-bond donors (Lipinski definition) is 2. The third-order valence-electron chi connectivity index (χ3n) is 5.17. The molecule has 12 heteroatoms. The van der Waals surface area contributed by atoms with Crippen molar-refractivity contribution in [2.45, 2.75) is 4.90 Å². The molecule has 178 valence electrons. The van der Waals surface area contributed by atoms with Crippen LogP contribution in [0.3, 0.4) is 0 Å². The summed E-state index contributed by atoms with van der Waals surface area (Å²) in [6, 6.07) is 16.0. The third-order valence-corrected chi connectivity index (χ3v) is 6.82. The molecular formula is C23H22ClN4NaO5S. The third kappa shape index (κ3) is 5.57. The minimum absolute atomic E-state index is 0. The Balaban J connectivity index is 0.00000228. The number of hydrogen-bond acceptors (Lipinski definition) is 7. The number of pyridine rings is 1. The summed E-state index contributed by atoms with van der Waals surface area (Å²) in [5.74, 6) is 0.669. The van der Waals surface area contributed by atoms with E-state index in [0.29, 0.717) is 39.1 Å². The largest absolute Gasteiger partial charge is 1.00 e. The first-order valence-electron chi connectivity index (χ1n) is 10.0. The quantitative estimate of drug-likeness (QED) is 0.350. The van der Waals surface area contributed by atoms with Gasteiger partial charge < -0.3 is 20.8 Å². The number of halogens is 1. The van der Waals surface area contributed by atoms with Crippen molar-refractivity contribution in [1.29, 1.82) is 0 Å². The monoisotopic (exact) mass is 524 g/mol. The van der Waals surface area contributed by atoms with Crippen LogP contribution in [0.25, 0.3) is 10.9 Å². The smallest absolute Gasteiger partial charge is 1.00 e. The maximum atomic E-state index is 13.0. The number of fused-ring (bicyclic) bond motifs is 1. The van der Waals surface area contributed by atoms with Gasteiger partial charge >= 0.3 is 29.6 Å². The second-order valence-electron chi connectivity index (χ2n) is 7.25. The zero-order valence-electron chi connectivity index (χ0n) is 20.5. The van der Waals surface area contributed by atoms with Crippen molar-refractivity contribution in [3.05, 3.63) is 71.4 Å². The minimum atomic E-state index is -4.10. The summed E-state index contributed by atoms with van der Waals surface area (Å²) in [5.41, 5.74) is 1.30. The Hall–Kier alpha value is -2.76. The maximum absolute atomic E-state index is 13.0. The molecule has 35 heavy (non-hydrogen) atoms. The number of aryl methyl sites for hydroxylation is 1. The van der Waals surface area contributed by atoms with E-state index in [-0.39, 0.29) is 41.6 Å². The number of amides is 1. The molecular weight excluding hydrogens is 503 g/mol. The summed E-state index contributed by atoms with van der Waals surface area (Å²) in [4.78, 5) is 17.3. The van der Waals surface area contributed by atoms with E-state index in [1.807, 2.05) is 0 Å². The van der Waals surface area contributed by atoms with Crippen LogP contribution in [0, 0.1) is 0 Å². The number of benzene rings is 2. The summed E-state index contributed by atoms with van der Waals surface area (Å²) >= 11 is 6.41. The number of carbonyl (C=O) groups excluding carboxylic acids is 1. The Bertz CT molecular complexity index is 1500. The Morgan fingerprint density at radius 3 is 2.43 bits per heavy atom. The first kappa shape index (κ1) is 26.8. The Morgan fingerprint density at radius 1 is 1.06 bits per heavy atom. The van der Waals surface area contributed by atoms with Crippen LogP contribution in [0.1, 0.15) is 11.9 Å². The maximum Gasteiger partial charge on any atom is 1.00 e. The molecule has 2 heterocycles. The van der Waals surface area contributed by atoms with Crippen molar-refractivity contribution < 1.29 is 53.7 Å². The molecule has 0 unspecified atom stereocenters. The van der Waals surface area contributed by atoms with E-state index in [0.717, 1.165) is 0 Å². The van der Waals surface area contributed by atoms with Crippen LogP contribution in [-0.2, 0) is 17.1 Å². The number of carbonyl (C=O) groups is 1. The number of anilines is 2. The predicted molar refractivity (Wildman–Crippen MR) is 131 cm³/mol. The van der Waals surface area contributed by atoms with Gasteiger partial charge in [-0.3, -0.25) is 4.79 Å². The number of rotatable bonds is 7. The summed E-state index contributed by atoms with van der Waals surface area (Å²) < 4.78 is 39.3. The second kappa shape index (κ2) is 10.9. The van der Waals surface area contributed by atoms with E-state index < -0.39 is 15.9 Å². The SMILES string of the molecule is COc1ccc(S(=O)(=O)NC(=O)c2cc3c(Nc4cccc(OC)n4)ccc(Cl)c3n2C)cc1.[H-].[Na+]. The Labute approximate surface area is 231 Å². The average Bonchev–Trinajstić information content (AvgIpc) is 3.19. The number of methoxy groups -OCH3 is 2. The summed E-state index contributed by atoms with van der Waals surface area (Å²) in [7, 11) is 0.530. The molecule has 0 bridgehead atoms. The molecule has 0 aliphatic rings. The molecule has 0 aliphatic carbocycles. The number of ether oxygens (including phenoxy) is 2. The van der Waals surface area contributed by atoms with E-state index in [1.165, 1.54) is 38.5 Å². The zero-order chi connectivity index (χ0) is 24.5. The van der Waals surface area contributed by atoms with Gasteiger partial charge in [-0.1, -0.05) is 17.7 Å². The van der Waals surface area contributed by atoms with Gasteiger partial charge in [0.25, 0.3) is 15.9 Å². The summed E-state index contributed by atoms with van der Waals surface area (Å²) in [6.45, 7) is 0. The number of nitrogens with zero attached hydrogens (tertiary/aromatic N) is 2. The first-order valence-corrected chi connectivity index (χ1v) is 11.9. The first-order chi connectivity index (χ1) is 16.2. The normalized spacial score (nSPS) is 11.0. The minimum Gasteiger partial charge on any atom is -1.00 e. The van der Waals surface area contributed by atoms with Gasteiger partial charge in [-0.05, 0) is 48.5 Å². The molecule has 0 atom stereocenters. The summed E-state index contributed by atoms with van der Waals surface area (Å²) in [5, 5.41) is 4.21. The van der Waals surface area contributed by atoms with Gasteiger partial charge in [-0.25, -0.2) is 13.1 Å². The predicted octanol–water partition coefficient (Wildman–Crippen LogP) is 1.22. The van der Waals surface area contributed by atoms with Crippen LogP contribution in [0.4, 0.5) is 11.5 Å². The Kier molecular flexibility index (Phi) is 8.34. The van der Waals surface area contributed by atoms with Crippen LogP contribution in [0.5, 0.6) is 11.6 Å². The number of nitrogens with one attached hydrogen (secondary N) is 2. The van der Waals surface area contributed by atoms with Crippen molar-refractivity contribution >= 4 is 49.9 Å². The number of aromatic nitrogens is 2. The number of sulfonamides is 1. The molecule has 0 saturated carbocycles. The molecule has 0 radical (unpaired) electrons. The van der Waals surface area contributed by atoms with Gasteiger partial charge in [0.15, 0.2) is 0 Å². The fourth-order valence-corrected chi connectivity index (χ4v) is 4.73. The van der Waals surface area contributed by atoms with E-state index in [1.54, 1.807) is 48.0 Å². The van der Waals surface area contributed by atoms with E-state index >= 15 is 0 Å². The van der Waals surface area contributed by atoms with Crippen molar-refractivity contribution in [3.8, 4) is 11.6 Å². The van der Waals surface area contributed by atoms with Crippen LogP contribution in [-0.4, -0.2) is 38.1 Å². The van der Waals surface area contributed by atoms with Gasteiger partial charge in [0.05, 0.1) is 29.7 Å². The standard InChI is InChI=1S/C23H21ClN4O5S.Na.H/c1-28-19(23(29)27-34(30,31)15-9-7-14(32-2)8-10-15)13-16-18(12-11-17(24)22(16)28)25-20-5-4-6-21(26-20)33-3;;/h4-13H,1-3H3,(H,25,26)(H,27,29);;/q;+1;-1. The van der Waals surface area contributed by atoms with Crippen LogP contribution in [0.2, 0.25) is 5.02 Å². The van der Waals surface area contributed by atoms with E-state index in [9.17, 15) is 13.2 Å². The fraction of sp³-hybridized carbons (Fsp3) is 0.130. The van der Waals surface area contributed by atoms with Crippen molar-refractivity contribution in [3.63, 3.8) is 0 Å². The zero-order valence-corrected chi connectivity index (χ0v) is 23.1. The molecule has 2 aromatic carbocycles. The van der Waals surface area contributed by atoms with E-state index in [2.05, 4.69) is 15.0 Å². The Morgan fingerprint density at radius 2 is 1.77 bits per heavy atom.